The normalized spacial score (nSPS) is 18.0. The SMILES string of the molecule is CCOc1ccc(C(=O)C2=CCC(C)CC2)cc1OCC. The number of carbonyl (C=O) groups excluding carboxylic acids is 1. The third-order valence-electron chi connectivity index (χ3n) is 3.77. The number of Topliss-reactive ketones (excluding diaryl/α,β-unsaturated/α-hetero) is 1. The lowest BCUT2D eigenvalue weighted by Gasteiger charge is -2.18. The Bertz CT molecular complexity index is 531. The van der Waals surface area contributed by atoms with Crippen LogP contribution >= 0.6 is 0 Å². The maximum atomic E-state index is 12.6. The predicted molar refractivity (Wildman–Crippen MR) is 84.2 cm³/mol. The van der Waals surface area contributed by atoms with Gasteiger partial charge in [-0.1, -0.05) is 13.0 Å². The molecular weight excluding hydrogens is 264 g/mol. The van der Waals surface area contributed by atoms with E-state index in [9.17, 15) is 4.79 Å². The molecule has 1 aromatic rings. The molecule has 1 unspecified atom stereocenters. The average molecular weight is 288 g/mol. The summed E-state index contributed by atoms with van der Waals surface area (Å²) < 4.78 is 11.1. The van der Waals surface area contributed by atoms with Crippen LogP contribution in [0.2, 0.25) is 0 Å². The molecule has 0 aromatic heterocycles. The lowest BCUT2D eigenvalue weighted by atomic mass is 9.87. The van der Waals surface area contributed by atoms with E-state index >= 15 is 0 Å². The average Bonchev–Trinajstić information content (AvgIpc) is 2.49. The second kappa shape index (κ2) is 7.30. The highest BCUT2D eigenvalue weighted by Crippen LogP contribution is 2.31. The molecule has 1 aliphatic rings. The molecule has 1 aromatic carbocycles. The maximum absolute atomic E-state index is 12.6. The van der Waals surface area contributed by atoms with Crippen LogP contribution < -0.4 is 9.47 Å². The number of carbonyl (C=O) groups is 1. The Morgan fingerprint density at radius 2 is 1.90 bits per heavy atom. The molecule has 21 heavy (non-hydrogen) atoms. The number of benzene rings is 1. The summed E-state index contributed by atoms with van der Waals surface area (Å²) in [5, 5.41) is 0. The van der Waals surface area contributed by atoms with Gasteiger partial charge in [0.15, 0.2) is 17.3 Å². The second-order valence-corrected chi connectivity index (χ2v) is 5.47. The van der Waals surface area contributed by atoms with Gasteiger partial charge >= 0.3 is 0 Å². The molecule has 3 nitrogen and oxygen atoms in total. The van der Waals surface area contributed by atoms with Crippen LogP contribution in [0.15, 0.2) is 29.8 Å². The van der Waals surface area contributed by atoms with Gasteiger partial charge in [0.2, 0.25) is 0 Å². The van der Waals surface area contributed by atoms with Crippen molar-refractivity contribution in [2.24, 2.45) is 5.92 Å². The summed E-state index contributed by atoms with van der Waals surface area (Å²) in [5.74, 6) is 2.14. The number of allylic oxidation sites excluding steroid dienone is 2. The highest BCUT2D eigenvalue weighted by Gasteiger charge is 2.19. The van der Waals surface area contributed by atoms with Crippen molar-refractivity contribution in [1.82, 2.24) is 0 Å². The molecular formula is C18H24O3. The van der Waals surface area contributed by atoms with Crippen LogP contribution in [-0.4, -0.2) is 19.0 Å². The molecule has 0 aliphatic heterocycles. The van der Waals surface area contributed by atoms with Gasteiger partial charge in [-0.3, -0.25) is 4.79 Å². The minimum Gasteiger partial charge on any atom is -0.490 e. The maximum Gasteiger partial charge on any atom is 0.188 e. The molecule has 1 aliphatic carbocycles. The molecule has 3 heteroatoms. The van der Waals surface area contributed by atoms with Gasteiger partial charge in [0.25, 0.3) is 0 Å². The highest BCUT2D eigenvalue weighted by atomic mass is 16.5. The van der Waals surface area contributed by atoms with E-state index in [0.717, 1.165) is 24.8 Å². The summed E-state index contributed by atoms with van der Waals surface area (Å²) in [6, 6.07) is 5.46. The number of rotatable bonds is 6. The van der Waals surface area contributed by atoms with Crippen molar-refractivity contribution in [2.45, 2.75) is 40.0 Å². The Labute approximate surface area is 127 Å². The van der Waals surface area contributed by atoms with Crippen LogP contribution in [0, 0.1) is 5.92 Å². The third kappa shape index (κ3) is 3.87. The first-order valence-corrected chi connectivity index (χ1v) is 7.79. The molecule has 0 amide bonds. The van der Waals surface area contributed by atoms with Crippen molar-refractivity contribution in [2.75, 3.05) is 13.2 Å². The Hall–Kier alpha value is -1.77. The van der Waals surface area contributed by atoms with E-state index in [1.807, 2.05) is 26.0 Å². The van der Waals surface area contributed by atoms with Gasteiger partial charge < -0.3 is 9.47 Å². The van der Waals surface area contributed by atoms with Crippen molar-refractivity contribution in [3.05, 3.63) is 35.4 Å². The van der Waals surface area contributed by atoms with E-state index in [-0.39, 0.29) is 5.78 Å². The fraction of sp³-hybridized carbons (Fsp3) is 0.500. The zero-order valence-electron chi connectivity index (χ0n) is 13.1. The Kier molecular flexibility index (Phi) is 5.43. The summed E-state index contributed by atoms with van der Waals surface area (Å²) in [5.41, 5.74) is 1.61. The Balaban J connectivity index is 2.23. The molecule has 0 saturated carbocycles. The number of hydrogen-bond donors (Lipinski definition) is 0. The summed E-state index contributed by atoms with van der Waals surface area (Å²) in [6.45, 7) is 7.22. The largest absolute Gasteiger partial charge is 0.490 e. The first-order valence-electron chi connectivity index (χ1n) is 7.79. The predicted octanol–water partition coefficient (Wildman–Crippen LogP) is 4.41. The fourth-order valence-corrected chi connectivity index (χ4v) is 2.55. The molecule has 0 spiro atoms. The molecule has 0 radical (unpaired) electrons. The van der Waals surface area contributed by atoms with Crippen molar-refractivity contribution >= 4 is 5.78 Å². The summed E-state index contributed by atoms with van der Waals surface area (Å²) >= 11 is 0. The van der Waals surface area contributed by atoms with Gasteiger partial charge in [-0.25, -0.2) is 0 Å². The van der Waals surface area contributed by atoms with Crippen LogP contribution in [0.1, 0.15) is 50.4 Å². The van der Waals surface area contributed by atoms with Crippen LogP contribution in [0.25, 0.3) is 0 Å². The van der Waals surface area contributed by atoms with Gasteiger partial charge in [0, 0.05) is 5.56 Å². The van der Waals surface area contributed by atoms with Gasteiger partial charge in [-0.15, -0.1) is 0 Å². The van der Waals surface area contributed by atoms with Crippen LogP contribution in [0.3, 0.4) is 0 Å². The van der Waals surface area contributed by atoms with Crippen molar-refractivity contribution in [3.63, 3.8) is 0 Å². The minimum absolute atomic E-state index is 0.117. The van der Waals surface area contributed by atoms with E-state index in [2.05, 4.69) is 13.0 Å². The number of ether oxygens (including phenoxy) is 2. The molecule has 0 saturated heterocycles. The van der Waals surface area contributed by atoms with Crippen molar-refractivity contribution in [1.29, 1.82) is 0 Å². The zero-order chi connectivity index (χ0) is 15.2. The van der Waals surface area contributed by atoms with E-state index < -0.39 is 0 Å². The van der Waals surface area contributed by atoms with Crippen molar-refractivity contribution in [3.8, 4) is 11.5 Å². The van der Waals surface area contributed by atoms with Gasteiger partial charge in [-0.05, 0) is 62.8 Å². The molecule has 0 N–H and O–H groups in total. The zero-order valence-corrected chi connectivity index (χ0v) is 13.1. The summed E-state index contributed by atoms with van der Waals surface area (Å²) in [4.78, 5) is 12.6. The first kappa shape index (κ1) is 15.6. The smallest absolute Gasteiger partial charge is 0.188 e. The Morgan fingerprint density at radius 3 is 2.52 bits per heavy atom. The van der Waals surface area contributed by atoms with Gasteiger partial charge in [-0.2, -0.15) is 0 Å². The quantitative estimate of drug-likeness (QED) is 0.727. The van der Waals surface area contributed by atoms with Crippen LogP contribution in [0.5, 0.6) is 11.5 Å². The molecule has 0 bridgehead atoms. The molecule has 0 heterocycles. The van der Waals surface area contributed by atoms with Crippen LogP contribution in [0.4, 0.5) is 0 Å². The molecule has 2 rings (SSSR count). The number of ketones is 1. The van der Waals surface area contributed by atoms with Gasteiger partial charge in [0.05, 0.1) is 13.2 Å². The van der Waals surface area contributed by atoms with E-state index in [0.29, 0.717) is 36.2 Å². The third-order valence-corrected chi connectivity index (χ3v) is 3.77. The second-order valence-electron chi connectivity index (χ2n) is 5.47. The summed E-state index contributed by atoms with van der Waals surface area (Å²) in [7, 11) is 0. The molecule has 0 fully saturated rings. The lowest BCUT2D eigenvalue weighted by molar-refractivity contribution is 0.102. The minimum atomic E-state index is 0.117. The fourth-order valence-electron chi connectivity index (χ4n) is 2.55. The van der Waals surface area contributed by atoms with Gasteiger partial charge in [0.1, 0.15) is 0 Å². The highest BCUT2D eigenvalue weighted by molar-refractivity contribution is 6.09. The van der Waals surface area contributed by atoms with Crippen molar-refractivity contribution < 1.29 is 14.3 Å². The molecule has 1 atom stereocenters. The first-order chi connectivity index (χ1) is 10.2. The van der Waals surface area contributed by atoms with E-state index in [1.54, 1.807) is 6.07 Å². The molecule has 114 valence electrons. The monoisotopic (exact) mass is 288 g/mol. The Morgan fingerprint density at radius 1 is 1.19 bits per heavy atom. The standard InChI is InChI=1S/C18H24O3/c1-4-20-16-11-10-15(12-17(16)21-5-2)18(19)14-8-6-13(3)7-9-14/h8,10-13H,4-7,9H2,1-3H3. The topological polar surface area (TPSA) is 35.5 Å². The van der Waals surface area contributed by atoms with E-state index in [1.165, 1.54) is 0 Å². The lowest BCUT2D eigenvalue weighted by Crippen LogP contribution is -2.10. The van der Waals surface area contributed by atoms with Crippen LogP contribution in [-0.2, 0) is 0 Å². The number of hydrogen-bond acceptors (Lipinski definition) is 3. The summed E-state index contributed by atoms with van der Waals surface area (Å²) in [6.07, 6.45) is 5.05. The van der Waals surface area contributed by atoms with E-state index in [4.69, 9.17) is 9.47 Å².